The smallest absolute Gasteiger partial charge is 0.346 e. The number of hydrogen-bond acceptors (Lipinski definition) is 6. The van der Waals surface area contributed by atoms with E-state index in [1.807, 2.05) is 28.7 Å². The number of nitriles is 1. The molecule has 0 saturated carbocycles. The van der Waals surface area contributed by atoms with E-state index in [-0.39, 0.29) is 5.57 Å². The minimum atomic E-state index is -1.17. The lowest BCUT2D eigenvalue weighted by Crippen LogP contribution is -1.97. The van der Waals surface area contributed by atoms with Crippen LogP contribution >= 0.6 is 34.0 Å². The number of carboxylic acids is 1. The van der Waals surface area contributed by atoms with Crippen LogP contribution in [0, 0.1) is 11.3 Å². The van der Waals surface area contributed by atoms with Crippen molar-refractivity contribution in [2.75, 3.05) is 6.61 Å². The Morgan fingerprint density at radius 3 is 1.62 bits per heavy atom. The first kappa shape index (κ1) is 50.9. The summed E-state index contributed by atoms with van der Waals surface area (Å²) in [5.74, 6) is -0.237. The largest absolute Gasteiger partial charge is 0.494 e. The average Bonchev–Trinajstić information content (AvgIpc) is 4.15. The summed E-state index contributed by atoms with van der Waals surface area (Å²) in [4.78, 5) is 19.4. The van der Waals surface area contributed by atoms with E-state index in [1.54, 1.807) is 17.4 Å². The highest BCUT2D eigenvalue weighted by atomic mass is 32.1. The molecule has 7 rings (SSSR count). The number of nitrogens with zero attached hydrogens (tertiary/aromatic N) is 2. The summed E-state index contributed by atoms with van der Waals surface area (Å²) in [5, 5.41) is 22.2. The summed E-state index contributed by atoms with van der Waals surface area (Å²) in [7, 11) is 0. The molecule has 0 spiro atoms. The van der Waals surface area contributed by atoms with Crippen molar-refractivity contribution < 1.29 is 14.6 Å². The highest BCUT2D eigenvalue weighted by Crippen LogP contribution is 2.48. The average molecular weight is 965 g/mol. The van der Waals surface area contributed by atoms with E-state index in [2.05, 4.69) is 118 Å². The first-order valence-corrected chi connectivity index (χ1v) is 28.3. The molecular formula is C60H72N2O3S3. The molecule has 3 aromatic carbocycles. The zero-order valence-electron chi connectivity index (χ0n) is 41.3. The first-order valence-electron chi connectivity index (χ1n) is 25.8. The fourth-order valence-electron chi connectivity index (χ4n) is 9.51. The summed E-state index contributed by atoms with van der Waals surface area (Å²) in [5.41, 5.74) is 9.96. The van der Waals surface area contributed by atoms with Gasteiger partial charge in [-0.2, -0.15) is 5.26 Å². The molecule has 68 heavy (non-hydrogen) atoms. The fourth-order valence-corrected chi connectivity index (χ4v) is 13.4. The summed E-state index contributed by atoms with van der Waals surface area (Å²) < 4.78 is 8.53. The van der Waals surface area contributed by atoms with Crippen molar-refractivity contribution >= 4 is 67.9 Å². The predicted octanol–water partition coefficient (Wildman–Crippen LogP) is 19.0. The Kier molecular flexibility index (Phi) is 19.2. The van der Waals surface area contributed by atoms with Gasteiger partial charge in [0.1, 0.15) is 17.4 Å². The predicted molar refractivity (Wildman–Crippen MR) is 295 cm³/mol. The number of aromatic nitrogens is 1. The Bertz CT molecular complexity index is 2810. The Morgan fingerprint density at radius 1 is 0.574 bits per heavy atom. The van der Waals surface area contributed by atoms with Crippen LogP contribution in [0.25, 0.3) is 69.0 Å². The number of rotatable bonds is 28. The van der Waals surface area contributed by atoms with Crippen molar-refractivity contribution in [3.05, 3.63) is 106 Å². The number of thiophene rings is 3. The maximum absolute atomic E-state index is 12.0. The molecule has 0 saturated heterocycles. The number of ether oxygens (including phenoxy) is 1. The zero-order valence-corrected chi connectivity index (χ0v) is 43.8. The number of unbranched alkanes of at least 4 members (excludes halogenated alkanes) is 12. The van der Waals surface area contributed by atoms with Crippen LogP contribution < -0.4 is 4.74 Å². The number of aliphatic carboxylic acids is 1. The molecule has 4 aromatic heterocycles. The van der Waals surface area contributed by atoms with E-state index >= 15 is 0 Å². The van der Waals surface area contributed by atoms with E-state index in [0.29, 0.717) is 0 Å². The molecule has 0 aliphatic rings. The number of carboxylic acid groups (broad SMARTS) is 1. The first-order chi connectivity index (χ1) is 33.3. The third kappa shape index (κ3) is 12.6. The van der Waals surface area contributed by atoms with Crippen LogP contribution in [-0.2, 0) is 30.6 Å². The molecule has 5 nitrogen and oxygen atoms in total. The van der Waals surface area contributed by atoms with Crippen molar-refractivity contribution in [3.63, 3.8) is 0 Å². The van der Waals surface area contributed by atoms with Crippen LogP contribution in [0.2, 0.25) is 0 Å². The highest BCUT2D eigenvalue weighted by molar-refractivity contribution is 7.27. The Balaban J connectivity index is 1.28. The molecule has 8 heteroatoms. The van der Waals surface area contributed by atoms with E-state index in [0.717, 1.165) is 80.7 Å². The molecule has 0 fully saturated rings. The number of fused-ring (bicyclic) bond motifs is 3. The quantitative estimate of drug-likeness (QED) is 0.0301. The highest BCUT2D eigenvalue weighted by Gasteiger charge is 2.22. The number of hydrogen-bond donors (Lipinski definition) is 1. The van der Waals surface area contributed by atoms with Crippen molar-refractivity contribution in [3.8, 4) is 52.9 Å². The topological polar surface area (TPSA) is 75.2 Å². The minimum Gasteiger partial charge on any atom is -0.494 e. The lowest BCUT2D eigenvalue weighted by molar-refractivity contribution is -0.132. The second-order valence-corrected chi connectivity index (χ2v) is 21.7. The van der Waals surface area contributed by atoms with Gasteiger partial charge in [0.05, 0.1) is 6.61 Å². The molecule has 4 heterocycles. The number of carbonyl (C=O) groups is 1. The third-order valence-corrected chi connectivity index (χ3v) is 17.2. The van der Waals surface area contributed by atoms with Gasteiger partial charge < -0.3 is 14.4 Å². The van der Waals surface area contributed by atoms with Crippen LogP contribution in [0.1, 0.15) is 159 Å². The van der Waals surface area contributed by atoms with E-state index in [9.17, 15) is 15.2 Å². The summed E-state index contributed by atoms with van der Waals surface area (Å²) >= 11 is 5.50. The van der Waals surface area contributed by atoms with Crippen LogP contribution in [0.15, 0.2) is 84.4 Å². The normalized spacial score (nSPS) is 11.9. The van der Waals surface area contributed by atoms with Gasteiger partial charge in [-0.15, -0.1) is 34.0 Å². The van der Waals surface area contributed by atoms with Gasteiger partial charge in [0.2, 0.25) is 0 Å². The van der Waals surface area contributed by atoms with E-state index in [4.69, 9.17) is 4.74 Å². The van der Waals surface area contributed by atoms with Crippen LogP contribution in [-0.4, -0.2) is 22.2 Å². The molecule has 0 bridgehead atoms. The monoisotopic (exact) mass is 964 g/mol. The lowest BCUT2D eigenvalue weighted by atomic mass is 10.0. The minimum absolute atomic E-state index is 0.208. The number of aryl methyl sites for hydroxylation is 4. The Labute approximate surface area is 418 Å². The van der Waals surface area contributed by atoms with Crippen molar-refractivity contribution in [1.82, 2.24) is 4.57 Å². The van der Waals surface area contributed by atoms with Gasteiger partial charge in [-0.25, -0.2) is 4.79 Å². The summed E-state index contributed by atoms with van der Waals surface area (Å²) in [6.07, 6.45) is 23.5. The van der Waals surface area contributed by atoms with E-state index in [1.165, 1.54) is 145 Å². The SMILES string of the molecule is CCCCCCOc1ccc(-c2ccc3c(c2)c2cc(-c4cc(CCCCCC)c(-c5cc(CCCCCC)c(-c6cc(CCCCCC)c(/C=C(\C#N)C(=O)O)s6)s5)s4)ccc2n3CC)cc1. The standard InChI is InChI=1S/C60H72N2O3S3/c1-6-11-15-19-23-44-37-56(66-54(44)40-48(41-61)60(63)64)58-47(25-21-17-13-8-3)39-57(68-58)59-46(24-20-16-12-7-2)38-55(67-59)45-29-33-53-51(36-45)50-35-43(28-32-52(50)62(53)10-5)42-26-30-49(31-27-42)65-34-22-18-14-9-4/h26-33,35-40H,6-25,34H2,1-5H3,(H,63,64)/b48-40+. The molecule has 7 aromatic rings. The van der Waals surface area contributed by atoms with Gasteiger partial charge in [0.25, 0.3) is 0 Å². The van der Waals surface area contributed by atoms with Crippen molar-refractivity contribution in [1.29, 1.82) is 5.26 Å². The fraction of sp³-hybridized carbons (Fsp3) is 0.433. The lowest BCUT2D eigenvalue weighted by Gasteiger charge is -2.08. The zero-order chi connectivity index (χ0) is 47.8. The molecule has 0 unspecified atom stereocenters. The molecule has 0 atom stereocenters. The molecule has 0 aliphatic carbocycles. The van der Waals surface area contributed by atoms with Gasteiger partial charge in [-0.3, -0.25) is 0 Å². The molecule has 0 radical (unpaired) electrons. The second-order valence-electron chi connectivity index (χ2n) is 18.5. The molecule has 1 N–H and O–H groups in total. The second kappa shape index (κ2) is 25.6. The van der Waals surface area contributed by atoms with E-state index < -0.39 is 5.97 Å². The third-order valence-electron chi connectivity index (χ3n) is 13.4. The Morgan fingerprint density at radius 2 is 1.06 bits per heavy atom. The van der Waals surface area contributed by atoms with Gasteiger partial charge in [-0.05, 0) is 146 Å². The van der Waals surface area contributed by atoms with Gasteiger partial charge >= 0.3 is 5.97 Å². The molecule has 358 valence electrons. The van der Waals surface area contributed by atoms with Crippen molar-refractivity contribution in [2.45, 2.75) is 163 Å². The van der Waals surface area contributed by atoms with Gasteiger partial charge in [0.15, 0.2) is 0 Å². The van der Waals surface area contributed by atoms with Gasteiger partial charge in [-0.1, -0.05) is 129 Å². The molecule has 0 aliphatic heterocycles. The van der Waals surface area contributed by atoms with Crippen molar-refractivity contribution in [2.24, 2.45) is 0 Å². The maximum atomic E-state index is 12.0. The molecular weight excluding hydrogens is 893 g/mol. The molecule has 0 amide bonds. The number of benzene rings is 3. The van der Waals surface area contributed by atoms with Crippen LogP contribution in [0.3, 0.4) is 0 Å². The van der Waals surface area contributed by atoms with Crippen LogP contribution in [0.5, 0.6) is 5.75 Å². The van der Waals surface area contributed by atoms with Crippen LogP contribution in [0.4, 0.5) is 0 Å². The summed E-state index contributed by atoms with van der Waals surface area (Å²) in [6, 6.07) is 31.9. The maximum Gasteiger partial charge on any atom is 0.346 e. The van der Waals surface area contributed by atoms with Gasteiger partial charge in [0, 0.05) is 57.6 Å². The Hall–Kier alpha value is -4.94. The summed E-state index contributed by atoms with van der Waals surface area (Å²) in [6.45, 7) is 12.9.